The number of nitrogens with zero attached hydrogens (tertiary/aromatic N) is 2. The lowest BCUT2D eigenvalue weighted by atomic mass is 10.0. The Balaban J connectivity index is 1.82. The standard InChI is InChI=1S/C34H34Cl2IN3O4S/c1-24(2)21-38-34(42)32(20-25-10-5-3-6-11-25)39(22-29-30(35)14-9-15-31(29)36)33(41)23-40(27-18-16-26(37)17-19-27)45(43,44)28-12-7-4-8-13-28/h3-19,24,32H,20-23H2,1-2H3,(H,38,42)/t32-/m1/s1. The Morgan fingerprint density at radius 1 is 0.822 bits per heavy atom. The molecular weight excluding hydrogens is 744 g/mol. The number of sulfonamides is 1. The molecule has 1 atom stereocenters. The molecule has 7 nitrogen and oxygen atoms in total. The average Bonchev–Trinajstić information content (AvgIpc) is 3.03. The van der Waals surface area contributed by atoms with Gasteiger partial charge >= 0.3 is 0 Å². The zero-order valence-electron chi connectivity index (χ0n) is 24.9. The summed E-state index contributed by atoms with van der Waals surface area (Å²) in [6.45, 7) is 3.67. The average molecular weight is 779 g/mol. The molecule has 0 saturated heterocycles. The Bertz CT molecular complexity index is 1690. The van der Waals surface area contributed by atoms with E-state index >= 15 is 0 Å². The lowest BCUT2D eigenvalue weighted by molar-refractivity contribution is -0.140. The van der Waals surface area contributed by atoms with Gasteiger partial charge in [0.05, 0.1) is 10.6 Å². The summed E-state index contributed by atoms with van der Waals surface area (Å²) in [5.74, 6) is -0.790. The van der Waals surface area contributed by atoms with Gasteiger partial charge in [0, 0.05) is 38.7 Å². The van der Waals surface area contributed by atoms with Crippen LogP contribution >= 0.6 is 45.8 Å². The number of rotatable bonds is 13. The number of anilines is 1. The van der Waals surface area contributed by atoms with Crippen LogP contribution in [0.3, 0.4) is 0 Å². The van der Waals surface area contributed by atoms with Crippen molar-refractivity contribution in [1.29, 1.82) is 0 Å². The summed E-state index contributed by atoms with van der Waals surface area (Å²) < 4.78 is 30.1. The second-order valence-corrected chi connectivity index (χ2v) is 14.8. The number of hydrogen-bond acceptors (Lipinski definition) is 4. The minimum Gasteiger partial charge on any atom is -0.354 e. The summed E-state index contributed by atoms with van der Waals surface area (Å²) in [4.78, 5) is 29.8. The van der Waals surface area contributed by atoms with Gasteiger partial charge in [0.15, 0.2) is 0 Å². The number of carbonyl (C=O) groups is 2. The summed E-state index contributed by atoms with van der Waals surface area (Å²) in [5, 5.41) is 3.62. The van der Waals surface area contributed by atoms with Crippen molar-refractivity contribution < 1.29 is 18.0 Å². The SMILES string of the molecule is CC(C)CNC(=O)[C@@H](Cc1ccccc1)N(Cc1c(Cl)cccc1Cl)C(=O)CN(c1ccc(I)cc1)S(=O)(=O)c1ccccc1. The van der Waals surface area contributed by atoms with E-state index in [4.69, 9.17) is 23.2 Å². The van der Waals surface area contributed by atoms with Crippen molar-refractivity contribution in [3.05, 3.63) is 128 Å². The second-order valence-electron chi connectivity index (χ2n) is 10.9. The third kappa shape index (κ3) is 9.22. The molecular formula is C34H34Cl2IN3O4S. The van der Waals surface area contributed by atoms with Crippen molar-refractivity contribution in [3.63, 3.8) is 0 Å². The largest absolute Gasteiger partial charge is 0.354 e. The first-order valence-corrected chi connectivity index (χ1v) is 17.6. The number of carbonyl (C=O) groups excluding carboxylic acids is 2. The highest BCUT2D eigenvalue weighted by Gasteiger charge is 2.35. The quantitative estimate of drug-likeness (QED) is 0.146. The second kappa shape index (κ2) is 15.9. The van der Waals surface area contributed by atoms with Gasteiger partial charge < -0.3 is 10.2 Å². The van der Waals surface area contributed by atoms with Crippen molar-refractivity contribution in [1.82, 2.24) is 10.2 Å². The predicted octanol–water partition coefficient (Wildman–Crippen LogP) is 7.21. The molecule has 0 aliphatic carbocycles. The molecule has 45 heavy (non-hydrogen) atoms. The Labute approximate surface area is 288 Å². The van der Waals surface area contributed by atoms with Gasteiger partial charge in [-0.2, -0.15) is 0 Å². The van der Waals surface area contributed by atoms with E-state index in [1.54, 1.807) is 60.7 Å². The Kier molecular flexibility index (Phi) is 12.3. The number of benzene rings is 4. The van der Waals surface area contributed by atoms with Crippen LogP contribution in [0.5, 0.6) is 0 Å². The van der Waals surface area contributed by atoms with Crippen LogP contribution in [0.1, 0.15) is 25.0 Å². The van der Waals surface area contributed by atoms with E-state index in [0.717, 1.165) is 13.4 Å². The lowest BCUT2D eigenvalue weighted by Crippen LogP contribution is -2.53. The summed E-state index contributed by atoms with van der Waals surface area (Å²) in [7, 11) is -4.18. The monoisotopic (exact) mass is 777 g/mol. The topological polar surface area (TPSA) is 86.8 Å². The van der Waals surface area contributed by atoms with Crippen LogP contribution in [0, 0.1) is 9.49 Å². The molecule has 0 aromatic heterocycles. The molecule has 236 valence electrons. The van der Waals surface area contributed by atoms with E-state index in [-0.39, 0.29) is 29.7 Å². The zero-order chi connectivity index (χ0) is 32.6. The first-order chi connectivity index (χ1) is 21.5. The molecule has 0 spiro atoms. The van der Waals surface area contributed by atoms with Gasteiger partial charge in [-0.25, -0.2) is 8.42 Å². The van der Waals surface area contributed by atoms with Gasteiger partial charge in [0.1, 0.15) is 12.6 Å². The number of amides is 2. The molecule has 0 unspecified atom stereocenters. The summed E-state index contributed by atoms with van der Waals surface area (Å²) >= 11 is 15.3. The van der Waals surface area contributed by atoms with E-state index in [1.807, 2.05) is 44.2 Å². The minimum absolute atomic E-state index is 0.0348. The van der Waals surface area contributed by atoms with Gasteiger partial charge in [-0.15, -0.1) is 0 Å². The van der Waals surface area contributed by atoms with Crippen LogP contribution in [-0.4, -0.2) is 44.3 Å². The highest BCUT2D eigenvalue weighted by Crippen LogP contribution is 2.29. The molecule has 0 heterocycles. The summed E-state index contributed by atoms with van der Waals surface area (Å²) in [6.07, 6.45) is 0.188. The molecule has 2 amide bonds. The third-order valence-corrected chi connectivity index (χ3v) is 10.3. The molecule has 11 heteroatoms. The van der Waals surface area contributed by atoms with E-state index < -0.39 is 28.5 Å². The van der Waals surface area contributed by atoms with Crippen LogP contribution in [-0.2, 0) is 32.6 Å². The third-order valence-electron chi connectivity index (χ3n) is 7.07. The van der Waals surface area contributed by atoms with Gasteiger partial charge in [-0.05, 0) is 82.6 Å². The predicted molar refractivity (Wildman–Crippen MR) is 189 cm³/mol. The molecule has 4 aromatic carbocycles. The molecule has 0 saturated carbocycles. The smallest absolute Gasteiger partial charge is 0.264 e. The molecule has 0 bridgehead atoms. The molecule has 0 radical (unpaired) electrons. The van der Waals surface area contributed by atoms with Gasteiger partial charge in [0.25, 0.3) is 10.0 Å². The van der Waals surface area contributed by atoms with E-state index in [2.05, 4.69) is 27.9 Å². The minimum atomic E-state index is -4.18. The molecule has 0 aliphatic rings. The van der Waals surface area contributed by atoms with Crippen molar-refractivity contribution in [2.45, 2.75) is 37.8 Å². The highest BCUT2D eigenvalue weighted by molar-refractivity contribution is 14.1. The molecule has 4 rings (SSSR count). The van der Waals surface area contributed by atoms with E-state index in [9.17, 15) is 18.0 Å². The molecule has 4 aromatic rings. The fourth-order valence-electron chi connectivity index (χ4n) is 4.69. The fraction of sp³-hybridized carbons (Fsp3) is 0.235. The summed E-state index contributed by atoms with van der Waals surface area (Å²) in [6, 6.07) is 28.2. The molecule has 0 aliphatic heterocycles. The maximum Gasteiger partial charge on any atom is 0.264 e. The van der Waals surface area contributed by atoms with Crippen LogP contribution in [0.15, 0.2) is 108 Å². The van der Waals surface area contributed by atoms with Crippen LogP contribution in [0.2, 0.25) is 10.0 Å². The molecule has 1 N–H and O–H groups in total. The number of hydrogen-bond donors (Lipinski definition) is 1. The Morgan fingerprint density at radius 2 is 1.40 bits per heavy atom. The van der Waals surface area contributed by atoms with Crippen LogP contribution in [0.25, 0.3) is 0 Å². The van der Waals surface area contributed by atoms with Crippen LogP contribution in [0.4, 0.5) is 5.69 Å². The van der Waals surface area contributed by atoms with E-state index in [0.29, 0.717) is 27.8 Å². The van der Waals surface area contributed by atoms with Crippen LogP contribution < -0.4 is 9.62 Å². The van der Waals surface area contributed by atoms with Crippen molar-refractivity contribution in [3.8, 4) is 0 Å². The molecule has 0 fully saturated rings. The number of nitrogens with one attached hydrogen (secondary N) is 1. The Hall–Kier alpha value is -3.12. The first kappa shape index (κ1) is 34.7. The van der Waals surface area contributed by atoms with E-state index in [1.165, 1.54) is 17.0 Å². The normalized spacial score (nSPS) is 12.0. The van der Waals surface area contributed by atoms with Gasteiger partial charge in [0.2, 0.25) is 11.8 Å². The van der Waals surface area contributed by atoms with Crippen molar-refractivity contribution in [2.75, 3.05) is 17.4 Å². The zero-order valence-corrected chi connectivity index (χ0v) is 29.4. The highest BCUT2D eigenvalue weighted by atomic mass is 127. The lowest BCUT2D eigenvalue weighted by Gasteiger charge is -2.34. The van der Waals surface area contributed by atoms with Crippen molar-refractivity contribution >= 4 is 73.3 Å². The fourth-order valence-corrected chi connectivity index (χ4v) is 7.00. The Morgan fingerprint density at radius 3 is 1.98 bits per heavy atom. The first-order valence-electron chi connectivity index (χ1n) is 14.3. The number of halogens is 3. The van der Waals surface area contributed by atoms with Crippen molar-refractivity contribution in [2.24, 2.45) is 5.92 Å². The van der Waals surface area contributed by atoms with Gasteiger partial charge in [-0.3, -0.25) is 13.9 Å². The maximum absolute atomic E-state index is 14.5. The van der Waals surface area contributed by atoms with Gasteiger partial charge in [-0.1, -0.05) is 91.6 Å². The summed E-state index contributed by atoms with van der Waals surface area (Å²) in [5.41, 5.74) is 1.60. The maximum atomic E-state index is 14.5.